The van der Waals surface area contributed by atoms with E-state index in [1.165, 1.54) is 19.3 Å². The van der Waals surface area contributed by atoms with Crippen LogP contribution in [0.3, 0.4) is 0 Å². The minimum atomic E-state index is -0.242. The molecule has 0 bridgehead atoms. The maximum atomic E-state index is 11.7. The molecular formula is C15H24N6O2. The van der Waals surface area contributed by atoms with Crippen molar-refractivity contribution in [3.8, 4) is 0 Å². The quantitative estimate of drug-likeness (QED) is 0.826. The maximum absolute atomic E-state index is 11.7. The molecule has 3 heterocycles. The van der Waals surface area contributed by atoms with Gasteiger partial charge in [0.05, 0.1) is 12.8 Å². The standard InChI is InChI=1S/C15H24N6O2/c1-2-23-15(22)21-10-8-20(9-11-21)14-17-13(12-16-18-14)19-6-4-3-5-7-19/h12H,2-11H2,1H3. The van der Waals surface area contributed by atoms with Gasteiger partial charge in [0.2, 0.25) is 5.95 Å². The third-order valence-corrected chi connectivity index (χ3v) is 4.30. The number of ether oxygens (including phenoxy) is 1. The molecule has 2 aliphatic heterocycles. The van der Waals surface area contributed by atoms with Crippen LogP contribution in [0.25, 0.3) is 0 Å². The number of piperazine rings is 1. The van der Waals surface area contributed by atoms with Gasteiger partial charge in [0.25, 0.3) is 0 Å². The highest BCUT2D eigenvalue weighted by Crippen LogP contribution is 2.19. The fraction of sp³-hybridized carbons (Fsp3) is 0.733. The number of anilines is 2. The molecule has 126 valence electrons. The highest BCUT2D eigenvalue weighted by atomic mass is 16.6. The molecule has 0 radical (unpaired) electrons. The molecule has 0 N–H and O–H groups in total. The van der Waals surface area contributed by atoms with E-state index in [1.807, 2.05) is 6.92 Å². The lowest BCUT2D eigenvalue weighted by Gasteiger charge is -2.34. The minimum absolute atomic E-state index is 0.242. The molecule has 1 aromatic rings. The Kier molecular flexibility index (Phi) is 5.09. The van der Waals surface area contributed by atoms with Gasteiger partial charge in [-0.25, -0.2) is 4.79 Å². The van der Waals surface area contributed by atoms with Crippen molar-refractivity contribution < 1.29 is 9.53 Å². The van der Waals surface area contributed by atoms with Gasteiger partial charge in [0, 0.05) is 39.3 Å². The second kappa shape index (κ2) is 7.43. The Bertz CT molecular complexity index is 526. The van der Waals surface area contributed by atoms with Crippen LogP contribution in [0.4, 0.5) is 16.6 Å². The van der Waals surface area contributed by atoms with E-state index in [-0.39, 0.29) is 6.09 Å². The first-order valence-electron chi connectivity index (χ1n) is 8.39. The molecule has 0 spiro atoms. The molecule has 0 aromatic carbocycles. The summed E-state index contributed by atoms with van der Waals surface area (Å²) in [6, 6.07) is 0. The van der Waals surface area contributed by atoms with Crippen molar-refractivity contribution in [3.05, 3.63) is 6.20 Å². The van der Waals surface area contributed by atoms with Crippen LogP contribution in [0, 0.1) is 0 Å². The van der Waals surface area contributed by atoms with E-state index in [1.54, 1.807) is 11.1 Å². The summed E-state index contributed by atoms with van der Waals surface area (Å²) in [5.41, 5.74) is 0. The van der Waals surface area contributed by atoms with Crippen LogP contribution in [0.1, 0.15) is 26.2 Å². The summed E-state index contributed by atoms with van der Waals surface area (Å²) in [6.45, 7) is 6.94. The van der Waals surface area contributed by atoms with Crippen LogP contribution in [-0.2, 0) is 4.74 Å². The third-order valence-electron chi connectivity index (χ3n) is 4.30. The third kappa shape index (κ3) is 3.80. The number of carbonyl (C=O) groups is 1. The molecule has 3 rings (SSSR count). The molecule has 1 aromatic heterocycles. The molecule has 0 unspecified atom stereocenters. The number of hydrogen-bond donors (Lipinski definition) is 0. The number of aromatic nitrogens is 3. The van der Waals surface area contributed by atoms with Gasteiger partial charge in [-0.3, -0.25) is 0 Å². The van der Waals surface area contributed by atoms with E-state index in [2.05, 4.69) is 25.0 Å². The van der Waals surface area contributed by atoms with Crippen molar-refractivity contribution >= 4 is 17.9 Å². The van der Waals surface area contributed by atoms with Crippen molar-refractivity contribution in [1.29, 1.82) is 0 Å². The molecule has 2 aliphatic rings. The van der Waals surface area contributed by atoms with E-state index < -0.39 is 0 Å². The summed E-state index contributed by atoms with van der Waals surface area (Å²) in [5.74, 6) is 1.55. The normalized spacial score (nSPS) is 18.9. The summed E-state index contributed by atoms with van der Waals surface area (Å²) in [4.78, 5) is 22.5. The second-order valence-corrected chi connectivity index (χ2v) is 5.84. The summed E-state index contributed by atoms with van der Waals surface area (Å²) in [7, 11) is 0. The predicted molar refractivity (Wildman–Crippen MR) is 86.7 cm³/mol. The van der Waals surface area contributed by atoms with Gasteiger partial charge in [-0.05, 0) is 26.2 Å². The van der Waals surface area contributed by atoms with E-state index in [9.17, 15) is 4.79 Å². The van der Waals surface area contributed by atoms with E-state index in [4.69, 9.17) is 4.74 Å². The van der Waals surface area contributed by atoms with Crippen LogP contribution >= 0.6 is 0 Å². The van der Waals surface area contributed by atoms with Gasteiger partial charge in [-0.1, -0.05) is 0 Å². The van der Waals surface area contributed by atoms with Crippen LogP contribution < -0.4 is 9.80 Å². The van der Waals surface area contributed by atoms with Gasteiger partial charge in [-0.2, -0.15) is 10.1 Å². The Morgan fingerprint density at radius 3 is 2.52 bits per heavy atom. The summed E-state index contributed by atoms with van der Waals surface area (Å²) in [6.07, 6.45) is 5.20. The van der Waals surface area contributed by atoms with Crippen molar-refractivity contribution in [2.24, 2.45) is 0 Å². The zero-order chi connectivity index (χ0) is 16.1. The van der Waals surface area contributed by atoms with Crippen molar-refractivity contribution in [2.75, 3.05) is 55.7 Å². The van der Waals surface area contributed by atoms with Gasteiger partial charge in [-0.15, -0.1) is 5.10 Å². The van der Waals surface area contributed by atoms with Crippen LogP contribution in [0.2, 0.25) is 0 Å². The first-order valence-corrected chi connectivity index (χ1v) is 8.39. The average Bonchev–Trinajstić information content (AvgIpc) is 2.63. The zero-order valence-corrected chi connectivity index (χ0v) is 13.6. The Labute approximate surface area is 136 Å². The number of hydrogen-bond acceptors (Lipinski definition) is 7. The SMILES string of the molecule is CCOC(=O)N1CCN(c2nncc(N3CCCCC3)n2)CC1. The molecular weight excluding hydrogens is 296 g/mol. The lowest BCUT2D eigenvalue weighted by molar-refractivity contribution is 0.105. The fourth-order valence-electron chi connectivity index (χ4n) is 3.00. The molecule has 0 atom stereocenters. The Morgan fingerprint density at radius 1 is 1.09 bits per heavy atom. The first-order chi connectivity index (χ1) is 11.3. The van der Waals surface area contributed by atoms with Crippen LogP contribution in [0.15, 0.2) is 6.20 Å². The zero-order valence-electron chi connectivity index (χ0n) is 13.6. The molecule has 8 nitrogen and oxygen atoms in total. The monoisotopic (exact) mass is 320 g/mol. The largest absolute Gasteiger partial charge is 0.450 e. The Morgan fingerprint density at radius 2 is 1.83 bits per heavy atom. The summed E-state index contributed by atoms with van der Waals surface area (Å²) in [5, 5.41) is 8.29. The average molecular weight is 320 g/mol. The van der Waals surface area contributed by atoms with Gasteiger partial charge in [0.1, 0.15) is 0 Å². The number of nitrogens with zero attached hydrogens (tertiary/aromatic N) is 6. The van der Waals surface area contributed by atoms with Gasteiger partial charge >= 0.3 is 6.09 Å². The Balaban J connectivity index is 1.61. The minimum Gasteiger partial charge on any atom is -0.450 e. The lowest BCUT2D eigenvalue weighted by Crippen LogP contribution is -2.49. The molecule has 2 fully saturated rings. The number of rotatable bonds is 3. The molecule has 2 saturated heterocycles. The smallest absolute Gasteiger partial charge is 0.409 e. The summed E-state index contributed by atoms with van der Waals surface area (Å²) < 4.78 is 5.04. The molecule has 1 amide bonds. The number of piperidine rings is 1. The predicted octanol–water partition coefficient (Wildman–Crippen LogP) is 1.14. The summed E-state index contributed by atoms with van der Waals surface area (Å²) >= 11 is 0. The maximum Gasteiger partial charge on any atom is 0.409 e. The highest BCUT2D eigenvalue weighted by molar-refractivity contribution is 5.68. The molecule has 8 heteroatoms. The number of carbonyl (C=O) groups excluding carboxylic acids is 1. The second-order valence-electron chi connectivity index (χ2n) is 5.84. The lowest BCUT2D eigenvalue weighted by atomic mass is 10.1. The van der Waals surface area contributed by atoms with Crippen LogP contribution in [-0.4, -0.2) is 72.0 Å². The molecule has 0 aliphatic carbocycles. The molecule has 0 saturated carbocycles. The Hall–Kier alpha value is -2.12. The van der Waals surface area contributed by atoms with E-state index >= 15 is 0 Å². The first kappa shape index (κ1) is 15.8. The van der Waals surface area contributed by atoms with Crippen molar-refractivity contribution in [2.45, 2.75) is 26.2 Å². The fourth-order valence-corrected chi connectivity index (χ4v) is 3.00. The highest BCUT2D eigenvalue weighted by Gasteiger charge is 2.24. The van der Waals surface area contributed by atoms with E-state index in [0.717, 1.165) is 18.9 Å². The topological polar surface area (TPSA) is 74.7 Å². The number of amides is 1. The van der Waals surface area contributed by atoms with Gasteiger partial charge < -0.3 is 19.4 Å². The van der Waals surface area contributed by atoms with Crippen LogP contribution in [0.5, 0.6) is 0 Å². The molecule has 23 heavy (non-hydrogen) atoms. The van der Waals surface area contributed by atoms with E-state index in [0.29, 0.717) is 38.7 Å². The van der Waals surface area contributed by atoms with Gasteiger partial charge in [0.15, 0.2) is 5.82 Å². The van der Waals surface area contributed by atoms with Crippen molar-refractivity contribution in [1.82, 2.24) is 20.1 Å². The van der Waals surface area contributed by atoms with Crippen molar-refractivity contribution in [3.63, 3.8) is 0 Å².